The molecule has 1 amide bonds. The molecule has 0 fully saturated rings. The van der Waals surface area contributed by atoms with Gasteiger partial charge in [-0.2, -0.15) is 0 Å². The first-order valence-electron chi connectivity index (χ1n) is 5.57. The second kappa shape index (κ2) is 8.10. The Kier molecular flexibility index (Phi) is 7.54. The van der Waals surface area contributed by atoms with E-state index in [1.54, 1.807) is 0 Å². The van der Waals surface area contributed by atoms with Gasteiger partial charge >= 0.3 is 5.97 Å². The quantitative estimate of drug-likeness (QED) is 0.486. The molecule has 0 aliphatic rings. The maximum atomic E-state index is 11.6. The maximum Gasteiger partial charge on any atom is 0.305 e. The molecule has 0 aliphatic heterocycles. The van der Waals surface area contributed by atoms with Crippen molar-refractivity contribution in [3.8, 4) is 0 Å². The SMILES string of the molecule is COC(=O)CCCNC(=O)C(CN)C(C)C. The highest BCUT2D eigenvalue weighted by molar-refractivity contribution is 5.79. The fourth-order valence-electron chi connectivity index (χ4n) is 1.36. The zero-order chi connectivity index (χ0) is 12.6. The minimum absolute atomic E-state index is 0.0395. The van der Waals surface area contributed by atoms with E-state index in [4.69, 9.17) is 5.73 Å². The Bertz CT molecular complexity index is 229. The van der Waals surface area contributed by atoms with Gasteiger partial charge in [-0.3, -0.25) is 9.59 Å². The molecule has 0 bridgehead atoms. The molecule has 0 heterocycles. The lowest BCUT2D eigenvalue weighted by Crippen LogP contribution is -2.38. The monoisotopic (exact) mass is 230 g/mol. The van der Waals surface area contributed by atoms with Crippen LogP contribution in [0.5, 0.6) is 0 Å². The van der Waals surface area contributed by atoms with Gasteiger partial charge in [-0.15, -0.1) is 0 Å². The summed E-state index contributed by atoms with van der Waals surface area (Å²) in [4.78, 5) is 22.4. The second-order valence-corrected chi connectivity index (χ2v) is 4.06. The van der Waals surface area contributed by atoms with Gasteiger partial charge in [0.05, 0.1) is 13.0 Å². The van der Waals surface area contributed by atoms with Crippen molar-refractivity contribution in [1.82, 2.24) is 5.32 Å². The van der Waals surface area contributed by atoms with E-state index >= 15 is 0 Å². The molecule has 0 aromatic carbocycles. The van der Waals surface area contributed by atoms with Crippen LogP contribution in [0.3, 0.4) is 0 Å². The van der Waals surface area contributed by atoms with Crippen molar-refractivity contribution in [1.29, 1.82) is 0 Å². The van der Waals surface area contributed by atoms with Crippen LogP contribution in [0.1, 0.15) is 26.7 Å². The smallest absolute Gasteiger partial charge is 0.305 e. The number of nitrogens with one attached hydrogen (secondary N) is 1. The van der Waals surface area contributed by atoms with Gasteiger partial charge in [-0.25, -0.2) is 0 Å². The maximum absolute atomic E-state index is 11.6. The number of carbonyl (C=O) groups excluding carboxylic acids is 2. The fourth-order valence-corrected chi connectivity index (χ4v) is 1.36. The van der Waals surface area contributed by atoms with E-state index in [1.807, 2.05) is 13.8 Å². The third-order valence-corrected chi connectivity index (χ3v) is 2.48. The minimum atomic E-state index is -0.256. The summed E-state index contributed by atoms with van der Waals surface area (Å²) in [6, 6.07) is 0. The molecular weight excluding hydrogens is 208 g/mol. The molecule has 5 nitrogen and oxygen atoms in total. The molecule has 1 unspecified atom stereocenters. The summed E-state index contributed by atoms with van der Waals surface area (Å²) >= 11 is 0. The number of ether oxygens (including phenoxy) is 1. The number of carbonyl (C=O) groups is 2. The minimum Gasteiger partial charge on any atom is -0.469 e. The number of hydrogen-bond acceptors (Lipinski definition) is 4. The molecule has 5 heteroatoms. The lowest BCUT2D eigenvalue weighted by Gasteiger charge is -2.17. The first-order valence-corrected chi connectivity index (χ1v) is 5.57. The molecule has 1 atom stereocenters. The summed E-state index contributed by atoms with van der Waals surface area (Å²) in [6.45, 7) is 4.76. The van der Waals surface area contributed by atoms with Crippen LogP contribution in [-0.2, 0) is 14.3 Å². The average Bonchev–Trinajstić information content (AvgIpc) is 2.24. The van der Waals surface area contributed by atoms with Gasteiger partial charge in [0.15, 0.2) is 0 Å². The fraction of sp³-hybridized carbons (Fsp3) is 0.818. The number of hydrogen-bond donors (Lipinski definition) is 2. The summed E-state index contributed by atoms with van der Waals surface area (Å²) in [5.41, 5.74) is 5.51. The summed E-state index contributed by atoms with van der Waals surface area (Å²) < 4.78 is 4.49. The molecule has 0 rings (SSSR count). The van der Waals surface area contributed by atoms with Crippen LogP contribution < -0.4 is 11.1 Å². The van der Waals surface area contributed by atoms with E-state index in [0.29, 0.717) is 25.9 Å². The van der Waals surface area contributed by atoms with Crippen molar-refractivity contribution >= 4 is 11.9 Å². The normalized spacial score (nSPS) is 12.3. The van der Waals surface area contributed by atoms with E-state index in [0.717, 1.165) is 0 Å². The van der Waals surface area contributed by atoms with Crippen molar-refractivity contribution < 1.29 is 14.3 Å². The summed E-state index contributed by atoms with van der Waals surface area (Å²) in [5.74, 6) is -0.223. The van der Waals surface area contributed by atoms with Crippen LogP contribution in [0.2, 0.25) is 0 Å². The van der Waals surface area contributed by atoms with Crippen molar-refractivity contribution in [2.24, 2.45) is 17.6 Å². The Morgan fingerprint density at radius 1 is 1.38 bits per heavy atom. The molecule has 94 valence electrons. The number of nitrogens with two attached hydrogens (primary N) is 1. The van der Waals surface area contributed by atoms with Crippen LogP contribution in [0, 0.1) is 11.8 Å². The zero-order valence-electron chi connectivity index (χ0n) is 10.3. The standard InChI is InChI=1S/C11H22N2O3/c1-8(2)9(7-12)11(15)13-6-4-5-10(14)16-3/h8-9H,4-7,12H2,1-3H3,(H,13,15). The molecule has 3 N–H and O–H groups in total. The van der Waals surface area contributed by atoms with Crippen LogP contribution in [0.25, 0.3) is 0 Å². The summed E-state index contributed by atoms with van der Waals surface area (Å²) in [7, 11) is 1.35. The number of methoxy groups -OCH3 is 1. The second-order valence-electron chi connectivity index (χ2n) is 4.06. The third kappa shape index (κ3) is 5.70. The topological polar surface area (TPSA) is 81.4 Å². The van der Waals surface area contributed by atoms with Gasteiger partial charge in [-0.05, 0) is 12.3 Å². The Labute approximate surface area is 96.7 Å². The van der Waals surface area contributed by atoms with E-state index in [1.165, 1.54) is 7.11 Å². The largest absolute Gasteiger partial charge is 0.469 e. The van der Waals surface area contributed by atoms with E-state index < -0.39 is 0 Å². The third-order valence-electron chi connectivity index (χ3n) is 2.48. The van der Waals surface area contributed by atoms with Gasteiger partial charge in [0.1, 0.15) is 0 Å². The average molecular weight is 230 g/mol. The van der Waals surface area contributed by atoms with Crippen LogP contribution in [0.15, 0.2) is 0 Å². The molecule has 0 aromatic rings. The predicted molar refractivity (Wildman–Crippen MR) is 61.6 cm³/mol. The Morgan fingerprint density at radius 3 is 2.44 bits per heavy atom. The lowest BCUT2D eigenvalue weighted by atomic mass is 9.95. The van der Waals surface area contributed by atoms with Crippen LogP contribution >= 0.6 is 0 Å². The van der Waals surface area contributed by atoms with Gasteiger partial charge < -0.3 is 15.8 Å². The van der Waals surface area contributed by atoms with Gasteiger partial charge in [0, 0.05) is 19.5 Å². The van der Waals surface area contributed by atoms with Crippen molar-refractivity contribution in [2.45, 2.75) is 26.7 Å². The first kappa shape index (κ1) is 14.9. The highest BCUT2D eigenvalue weighted by Gasteiger charge is 2.19. The van der Waals surface area contributed by atoms with Crippen molar-refractivity contribution in [3.63, 3.8) is 0 Å². The summed E-state index contributed by atoms with van der Waals surface area (Å²) in [5, 5.41) is 2.77. The molecule has 0 aliphatic carbocycles. The van der Waals surface area contributed by atoms with Gasteiger partial charge in [0.25, 0.3) is 0 Å². The number of esters is 1. The van der Waals surface area contributed by atoms with Crippen LogP contribution in [0.4, 0.5) is 0 Å². The van der Waals surface area contributed by atoms with Crippen molar-refractivity contribution in [3.05, 3.63) is 0 Å². The van der Waals surface area contributed by atoms with Gasteiger partial charge in [-0.1, -0.05) is 13.8 Å². The first-order chi connectivity index (χ1) is 7.52. The van der Waals surface area contributed by atoms with Gasteiger partial charge in [0.2, 0.25) is 5.91 Å². The number of rotatable bonds is 7. The molecule has 0 spiro atoms. The molecule has 0 radical (unpaired) electrons. The molecule has 0 aromatic heterocycles. The molecule has 0 saturated carbocycles. The predicted octanol–water partition coefficient (Wildman–Crippen LogP) is 0.287. The van der Waals surface area contributed by atoms with E-state index in [9.17, 15) is 9.59 Å². The van der Waals surface area contributed by atoms with Crippen LogP contribution in [-0.4, -0.2) is 32.1 Å². The van der Waals surface area contributed by atoms with E-state index in [2.05, 4.69) is 10.1 Å². The molecule has 16 heavy (non-hydrogen) atoms. The zero-order valence-corrected chi connectivity index (χ0v) is 10.3. The molecule has 0 saturated heterocycles. The number of amides is 1. The molecular formula is C11H22N2O3. The van der Waals surface area contributed by atoms with E-state index in [-0.39, 0.29) is 23.7 Å². The highest BCUT2D eigenvalue weighted by Crippen LogP contribution is 2.08. The van der Waals surface area contributed by atoms with Crippen molar-refractivity contribution in [2.75, 3.05) is 20.2 Å². The summed E-state index contributed by atoms with van der Waals surface area (Å²) in [6.07, 6.45) is 0.916. The Balaban J connectivity index is 3.76. The highest BCUT2D eigenvalue weighted by atomic mass is 16.5. The lowest BCUT2D eigenvalue weighted by molar-refractivity contribution is -0.140. The Hall–Kier alpha value is -1.10. The Morgan fingerprint density at radius 2 is 2.00 bits per heavy atom.